The highest BCUT2D eigenvalue weighted by molar-refractivity contribution is 8.00. The first-order chi connectivity index (χ1) is 9.79. The molecule has 22 heavy (non-hydrogen) atoms. The third kappa shape index (κ3) is 4.64. The van der Waals surface area contributed by atoms with Crippen LogP contribution in [0.3, 0.4) is 0 Å². The Morgan fingerprint density at radius 1 is 1.36 bits per heavy atom. The van der Waals surface area contributed by atoms with E-state index in [2.05, 4.69) is 45.0 Å². The van der Waals surface area contributed by atoms with Crippen LogP contribution < -0.4 is 5.73 Å². The average molecular weight is 343 g/mol. The fraction of sp³-hybridized carbons (Fsp3) is 0.588. The average Bonchev–Trinajstić information content (AvgIpc) is 2.43. The Kier molecular flexibility index (Phi) is 6.78. The topological polar surface area (TPSA) is 46.3 Å². The molecule has 1 saturated heterocycles. The third-order valence-electron chi connectivity index (χ3n) is 4.31. The van der Waals surface area contributed by atoms with Crippen molar-refractivity contribution in [3.63, 3.8) is 0 Å². The van der Waals surface area contributed by atoms with Crippen LogP contribution in [0.25, 0.3) is 0 Å². The van der Waals surface area contributed by atoms with Gasteiger partial charge in [-0.25, -0.2) is 0 Å². The molecule has 0 aromatic heterocycles. The van der Waals surface area contributed by atoms with Gasteiger partial charge in [-0.2, -0.15) is 0 Å². The Morgan fingerprint density at radius 3 is 2.50 bits per heavy atom. The summed E-state index contributed by atoms with van der Waals surface area (Å²) in [6.45, 7) is 9.90. The molecule has 0 radical (unpaired) electrons. The van der Waals surface area contributed by atoms with Crippen LogP contribution in [0.15, 0.2) is 29.2 Å². The molecule has 1 fully saturated rings. The van der Waals surface area contributed by atoms with Crippen molar-refractivity contribution in [2.45, 2.75) is 50.3 Å². The Morgan fingerprint density at radius 2 is 1.95 bits per heavy atom. The maximum absolute atomic E-state index is 12.6. The number of benzene rings is 1. The predicted molar refractivity (Wildman–Crippen MR) is 96.7 cm³/mol. The SMILES string of the molecule is Cc1ccc(SC(C)C(=O)N2CCC(N)C(C)(C)C2)cc1.Cl. The van der Waals surface area contributed by atoms with Crippen LogP contribution in [0.4, 0.5) is 0 Å². The highest BCUT2D eigenvalue weighted by atomic mass is 35.5. The maximum Gasteiger partial charge on any atom is 0.235 e. The minimum Gasteiger partial charge on any atom is -0.341 e. The van der Waals surface area contributed by atoms with E-state index in [1.807, 2.05) is 11.8 Å². The second-order valence-corrected chi connectivity index (χ2v) is 8.13. The van der Waals surface area contributed by atoms with Crippen molar-refractivity contribution in [1.29, 1.82) is 0 Å². The number of carbonyl (C=O) groups excluding carboxylic acids is 1. The number of thioether (sulfide) groups is 1. The van der Waals surface area contributed by atoms with Crippen LogP contribution in [0, 0.1) is 12.3 Å². The van der Waals surface area contributed by atoms with E-state index in [0.29, 0.717) is 0 Å². The lowest BCUT2D eigenvalue weighted by molar-refractivity contribution is -0.133. The Bertz CT molecular complexity index is 504. The van der Waals surface area contributed by atoms with Gasteiger partial charge in [0.15, 0.2) is 0 Å². The first kappa shape index (κ1) is 19.3. The van der Waals surface area contributed by atoms with E-state index in [0.717, 1.165) is 24.4 Å². The van der Waals surface area contributed by atoms with Gasteiger partial charge in [0.2, 0.25) is 5.91 Å². The molecule has 1 aliphatic rings. The highest BCUT2D eigenvalue weighted by Gasteiger charge is 2.36. The van der Waals surface area contributed by atoms with Crippen LogP contribution in [-0.4, -0.2) is 35.2 Å². The van der Waals surface area contributed by atoms with Crippen LogP contribution in [0.1, 0.15) is 32.8 Å². The molecule has 1 aliphatic heterocycles. The largest absolute Gasteiger partial charge is 0.341 e. The molecule has 124 valence electrons. The molecule has 1 aromatic carbocycles. The number of hydrogen-bond donors (Lipinski definition) is 1. The zero-order valence-corrected chi connectivity index (χ0v) is 15.5. The summed E-state index contributed by atoms with van der Waals surface area (Å²) in [5, 5.41) is -0.0576. The van der Waals surface area contributed by atoms with Gasteiger partial charge in [-0.05, 0) is 37.8 Å². The fourth-order valence-electron chi connectivity index (χ4n) is 2.69. The number of nitrogens with zero attached hydrogens (tertiary/aromatic N) is 1. The molecule has 2 rings (SSSR count). The number of carbonyl (C=O) groups is 1. The maximum atomic E-state index is 12.6. The van der Waals surface area contributed by atoms with Crippen LogP contribution in [-0.2, 0) is 4.79 Å². The van der Waals surface area contributed by atoms with Crippen molar-refractivity contribution in [2.75, 3.05) is 13.1 Å². The van der Waals surface area contributed by atoms with Crippen molar-refractivity contribution >= 4 is 30.1 Å². The third-order valence-corrected chi connectivity index (χ3v) is 5.40. The zero-order chi connectivity index (χ0) is 15.6. The van der Waals surface area contributed by atoms with E-state index in [4.69, 9.17) is 5.73 Å². The quantitative estimate of drug-likeness (QED) is 0.855. The van der Waals surface area contributed by atoms with E-state index in [9.17, 15) is 4.79 Å². The van der Waals surface area contributed by atoms with E-state index in [1.54, 1.807) is 11.8 Å². The summed E-state index contributed by atoms with van der Waals surface area (Å²) in [4.78, 5) is 15.8. The number of nitrogens with two attached hydrogens (primary N) is 1. The van der Waals surface area contributed by atoms with Crippen molar-refractivity contribution in [2.24, 2.45) is 11.1 Å². The Labute approximate surface area is 144 Å². The highest BCUT2D eigenvalue weighted by Crippen LogP contribution is 2.30. The van der Waals surface area contributed by atoms with Gasteiger partial charge < -0.3 is 10.6 Å². The van der Waals surface area contributed by atoms with Gasteiger partial charge in [-0.1, -0.05) is 31.5 Å². The van der Waals surface area contributed by atoms with Gasteiger partial charge in [0.05, 0.1) is 5.25 Å². The molecule has 3 nitrogen and oxygen atoms in total. The summed E-state index contributed by atoms with van der Waals surface area (Å²) in [5.74, 6) is 0.223. The van der Waals surface area contributed by atoms with Gasteiger partial charge in [-0.3, -0.25) is 4.79 Å². The molecule has 0 saturated carbocycles. The zero-order valence-electron chi connectivity index (χ0n) is 13.8. The number of likely N-dealkylation sites (tertiary alicyclic amines) is 1. The van der Waals surface area contributed by atoms with E-state index in [1.165, 1.54) is 5.56 Å². The van der Waals surface area contributed by atoms with Crippen LogP contribution in [0.2, 0.25) is 0 Å². The minimum atomic E-state index is -0.0576. The Balaban J connectivity index is 0.00000242. The standard InChI is InChI=1S/C17H26N2OS.ClH/c1-12-5-7-14(8-6-12)21-13(2)16(20)19-10-9-15(18)17(3,4)11-19;/h5-8,13,15H,9-11,18H2,1-4H3;1H. The number of piperidine rings is 1. The molecule has 1 aromatic rings. The summed E-state index contributed by atoms with van der Waals surface area (Å²) in [6.07, 6.45) is 0.890. The molecular formula is C17H27ClN2OS. The van der Waals surface area contributed by atoms with Crippen molar-refractivity contribution in [1.82, 2.24) is 4.90 Å². The van der Waals surface area contributed by atoms with Gasteiger partial charge >= 0.3 is 0 Å². The van der Waals surface area contributed by atoms with E-state index in [-0.39, 0.29) is 35.0 Å². The minimum absolute atomic E-state index is 0. The number of aryl methyl sites for hydroxylation is 1. The molecule has 0 aliphatic carbocycles. The first-order valence-electron chi connectivity index (χ1n) is 7.57. The predicted octanol–water partition coefficient (Wildman–Crippen LogP) is 3.48. The summed E-state index contributed by atoms with van der Waals surface area (Å²) < 4.78 is 0. The molecular weight excluding hydrogens is 316 g/mol. The number of halogens is 1. The monoisotopic (exact) mass is 342 g/mol. The summed E-state index contributed by atoms with van der Waals surface area (Å²) >= 11 is 1.63. The smallest absolute Gasteiger partial charge is 0.235 e. The van der Waals surface area contributed by atoms with Gasteiger partial charge in [0.1, 0.15) is 0 Å². The lowest BCUT2D eigenvalue weighted by atomic mass is 9.79. The molecule has 1 heterocycles. The first-order valence-corrected chi connectivity index (χ1v) is 8.45. The second-order valence-electron chi connectivity index (χ2n) is 6.72. The molecule has 5 heteroatoms. The van der Waals surface area contributed by atoms with Gasteiger partial charge in [0, 0.05) is 24.0 Å². The van der Waals surface area contributed by atoms with E-state index >= 15 is 0 Å². The number of amides is 1. The molecule has 2 N–H and O–H groups in total. The van der Waals surface area contributed by atoms with E-state index < -0.39 is 0 Å². The number of rotatable bonds is 3. The van der Waals surface area contributed by atoms with Gasteiger partial charge in [-0.15, -0.1) is 24.2 Å². The molecule has 0 bridgehead atoms. The van der Waals surface area contributed by atoms with Crippen LogP contribution in [0.5, 0.6) is 0 Å². The second kappa shape index (κ2) is 7.71. The summed E-state index contributed by atoms with van der Waals surface area (Å²) in [6, 6.07) is 8.52. The lowest BCUT2D eigenvalue weighted by Crippen LogP contribution is -2.55. The molecule has 0 spiro atoms. The normalized spacial score (nSPS) is 21.9. The van der Waals surface area contributed by atoms with Crippen molar-refractivity contribution < 1.29 is 4.79 Å². The number of hydrogen-bond acceptors (Lipinski definition) is 3. The molecule has 2 unspecified atom stereocenters. The Hall–Kier alpha value is -0.710. The van der Waals surface area contributed by atoms with Crippen LogP contribution >= 0.6 is 24.2 Å². The summed E-state index contributed by atoms with van der Waals surface area (Å²) in [7, 11) is 0. The summed E-state index contributed by atoms with van der Waals surface area (Å²) in [5.41, 5.74) is 7.39. The van der Waals surface area contributed by atoms with Gasteiger partial charge in [0.25, 0.3) is 0 Å². The fourth-order valence-corrected chi connectivity index (χ4v) is 3.64. The molecule has 2 atom stereocenters. The van der Waals surface area contributed by atoms with Crippen molar-refractivity contribution in [3.05, 3.63) is 29.8 Å². The molecule has 1 amide bonds. The van der Waals surface area contributed by atoms with Crippen molar-refractivity contribution in [3.8, 4) is 0 Å². The lowest BCUT2D eigenvalue weighted by Gasteiger charge is -2.43.